The normalized spacial score (nSPS) is 12.8. The van der Waals surface area contributed by atoms with E-state index in [-0.39, 0.29) is 18.2 Å². The highest BCUT2D eigenvalue weighted by Gasteiger charge is 2.30. The zero-order chi connectivity index (χ0) is 21.7. The molecule has 0 fully saturated rings. The van der Waals surface area contributed by atoms with Crippen LogP contribution in [0.25, 0.3) is 0 Å². The predicted octanol–water partition coefficient (Wildman–Crippen LogP) is 1.15. The van der Waals surface area contributed by atoms with Crippen molar-refractivity contribution in [2.24, 2.45) is 0 Å². The highest BCUT2D eigenvalue weighted by atomic mass is 16.5. The molecule has 0 aliphatic carbocycles. The number of benzene rings is 1. The number of amides is 1. The molecule has 2 rings (SSSR count). The Balaban J connectivity index is 2.07. The number of anilines is 1. The van der Waals surface area contributed by atoms with Gasteiger partial charge in [-0.2, -0.15) is 0 Å². The number of carbonyl (C=O) groups is 3. The van der Waals surface area contributed by atoms with Gasteiger partial charge < -0.3 is 24.7 Å². The minimum absolute atomic E-state index is 0.104. The van der Waals surface area contributed by atoms with Gasteiger partial charge in [0.05, 0.1) is 32.5 Å². The van der Waals surface area contributed by atoms with Crippen LogP contribution in [-0.4, -0.2) is 56.5 Å². The van der Waals surface area contributed by atoms with E-state index in [0.29, 0.717) is 34.0 Å². The van der Waals surface area contributed by atoms with Crippen molar-refractivity contribution in [2.45, 2.75) is 26.8 Å². The lowest BCUT2D eigenvalue weighted by atomic mass is 10.0. The van der Waals surface area contributed by atoms with Crippen molar-refractivity contribution in [2.75, 3.05) is 33.1 Å². The van der Waals surface area contributed by atoms with E-state index in [2.05, 4.69) is 10.3 Å². The zero-order valence-corrected chi connectivity index (χ0v) is 17.6. The van der Waals surface area contributed by atoms with Gasteiger partial charge in [0.2, 0.25) is 5.78 Å². The second kappa shape index (κ2) is 9.38. The summed E-state index contributed by atoms with van der Waals surface area (Å²) in [6.45, 7) is 5.29. The molecule has 1 amide bonds. The molecule has 2 atom stereocenters. The Morgan fingerprint density at radius 2 is 1.90 bits per heavy atom. The van der Waals surface area contributed by atoms with Crippen LogP contribution in [0.15, 0.2) is 24.3 Å². The molecule has 0 aliphatic heterocycles. The molecule has 29 heavy (non-hydrogen) atoms. The van der Waals surface area contributed by atoms with Crippen LogP contribution in [-0.2, 0) is 9.53 Å². The van der Waals surface area contributed by atoms with Gasteiger partial charge in [0, 0.05) is 17.4 Å². The SMILES string of the molecule is COC(=O)c1c(C)[nH]c(C(=O)[C@@H](C)[NH+](C)CC(=O)Nc2cccc(OC)c2)c1C. The molecule has 0 spiro atoms. The van der Waals surface area contributed by atoms with Gasteiger partial charge in [-0.05, 0) is 38.5 Å². The number of Topliss-reactive ketones (excluding diaryl/α,β-unsaturated/α-hetero) is 1. The first kappa shape index (κ1) is 22.2. The first-order valence-electron chi connectivity index (χ1n) is 9.27. The Morgan fingerprint density at radius 1 is 1.21 bits per heavy atom. The number of methoxy groups -OCH3 is 2. The van der Waals surface area contributed by atoms with Gasteiger partial charge in [-0.1, -0.05) is 6.07 Å². The maximum absolute atomic E-state index is 13.0. The Kier molecular flexibility index (Phi) is 7.17. The molecule has 0 bridgehead atoms. The maximum Gasteiger partial charge on any atom is 0.339 e. The molecule has 1 aromatic carbocycles. The van der Waals surface area contributed by atoms with Crippen LogP contribution in [0.2, 0.25) is 0 Å². The third kappa shape index (κ3) is 5.03. The third-order valence-corrected chi connectivity index (χ3v) is 5.00. The fourth-order valence-electron chi connectivity index (χ4n) is 3.16. The standard InChI is InChI=1S/C21H27N3O5/c1-12-18(21(27)29-6)13(2)22-19(12)20(26)14(3)24(4)11-17(25)23-15-8-7-9-16(10-15)28-5/h7-10,14,22H,11H2,1-6H3,(H,23,25)/p+1/t14-/m1/s1. The van der Waals surface area contributed by atoms with Crippen molar-refractivity contribution >= 4 is 23.3 Å². The van der Waals surface area contributed by atoms with Crippen molar-refractivity contribution in [3.8, 4) is 5.75 Å². The van der Waals surface area contributed by atoms with Crippen LogP contribution in [0.1, 0.15) is 39.0 Å². The third-order valence-electron chi connectivity index (χ3n) is 5.00. The number of aromatic nitrogens is 1. The molecule has 0 saturated heterocycles. The molecule has 8 nitrogen and oxygen atoms in total. The summed E-state index contributed by atoms with van der Waals surface area (Å²) in [6.07, 6.45) is 0. The summed E-state index contributed by atoms with van der Waals surface area (Å²) in [4.78, 5) is 41.0. The second-order valence-corrected chi connectivity index (χ2v) is 7.01. The summed E-state index contributed by atoms with van der Waals surface area (Å²) >= 11 is 0. The van der Waals surface area contributed by atoms with Crippen molar-refractivity contribution in [1.82, 2.24) is 4.98 Å². The van der Waals surface area contributed by atoms with Crippen molar-refractivity contribution in [1.29, 1.82) is 0 Å². The summed E-state index contributed by atoms with van der Waals surface area (Å²) in [5, 5.41) is 2.81. The summed E-state index contributed by atoms with van der Waals surface area (Å²) in [5.41, 5.74) is 2.50. The summed E-state index contributed by atoms with van der Waals surface area (Å²) in [7, 11) is 4.64. The molecule has 1 heterocycles. The Bertz CT molecular complexity index is 919. The fourth-order valence-corrected chi connectivity index (χ4v) is 3.16. The number of aromatic amines is 1. The van der Waals surface area contributed by atoms with Gasteiger partial charge in [-0.15, -0.1) is 0 Å². The predicted molar refractivity (Wildman–Crippen MR) is 109 cm³/mol. The molecule has 0 aliphatic rings. The first-order chi connectivity index (χ1) is 13.7. The van der Waals surface area contributed by atoms with Gasteiger partial charge in [-0.25, -0.2) is 4.79 Å². The summed E-state index contributed by atoms with van der Waals surface area (Å²) in [5.74, 6) is -0.232. The molecule has 0 saturated carbocycles. The van der Waals surface area contributed by atoms with E-state index in [0.717, 1.165) is 4.90 Å². The molecule has 3 N–H and O–H groups in total. The van der Waals surface area contributed by atoms with Crippen LogP contribution in [0, 0.1) is 13.8 Å². The van der Waals surface area contributed by atoms with Crippen LogP contribution < -0.4 is 15.0 Å². The van der Waals surface area contributed by atoms with E-state index in [9.17, 15) is 14.4 Å². The lowest BCUT2D eigenvalue weighted by Gasteiger charge is -2.20. The van der Waals surface area contributed by atoms with Crippen LogP contribution in [0.4, 0.5) is 5.69 Å². The summed E-state index contributed by atoms with van der Waals surface area (Å²) < 4.78 is 9.93. The minimum Gasteiger partial charge on any atom is -0.497 e. The zero-order valence-electron chi connectivity index (χ0n) is 17.6. The average Bonchev–Trinajstić information content (AvgIpc) is 3.00. The number of aryl methyl sites for hydroxylation is 1. The Hall–Kier alpha value is -3.13. The van der Waals surface area contributed by atoms with Crippen LogP contribution >= 0.6 is 0 Å². The van der Waals surface area contributed by atoms with E-state index in [1.165, 1.54) is 7.11 Å². The van der Waals surface area contributed by atoms with E-state index in [4.69, 9.17) is 9.47 Å². The van der Waals surface area contributed by atoms with E-state index in [1.807, 2.05) is 0 Å². The average molecular weight is 402 g/mol. The van der Waals surface area contributed by atoms with Gasteiger partial charge in [0.25, 0.3) is 5.91 Å². The number of esters is 1. The fraction of sp³-hybridized carbons (Fsp3) is 0.381. The van der Waals surface area contributed by atoms with Crippen LogP contribution in [0.3, 0.4) is 0 Å². The number of carbonyl (C=O) groups excluding carboxylic acids is 3. The molecular formula is C21H28N3O5+. The van der Waals surface area contributed by atoms with E-state index < -0.39 is 12.0 Å². The van der Waals surface area contributed by atoms with E-state index >= 15 is 0 Å². The number of hydrogen-bond donors (Lipinski definition) is 3. The lowest BCUT2D eigenvalue weighted by Crippen LogP contribution is -3.14. The van der Waals surface area contributed by atoms with Gasteiger partial charge in [0.15, 0.2) is 12.6 Å². The highest BCUT2D eigenvalue weighted by Crippen LogP contribution is 2.20. The topological polar surface area (TPSA) is 102 Å². The van der Waals surface area contributed by atoms with Gasteiger partial charge in [-0.3, -0.25) is 9.59 Å². The number of ketones is 1. The number of ether oxygens (including phenoxy) is 2. The maximum atomic E-state index is 13.0. The molecule has 8 heteroatoms. The number of nitrogens with one attached hydrogen (secondary N) is 3. The number of hydrogen-bond acceptors (Lipinski definition) is 5. The minimum atomic E-state index is -0.492. The van der Waals surface area contributed by atoms with Crippen LogP contribution in [0.5, 0.6) is 5.75 Å². The quantitative estimate of drug-likeness (QED) is 0.454. The first-order valence-corrected chi connectivity index (χ1v) is 9.27. The number of H-pyrrole nitrogens is 1. The van der Waals surface area contributed by atoms with Crippen molar-refractivity contribution < 1.29 is 28.8 Å². The lowest BCUT2D eigenvalue weighted by molar-refractivity contribution is -0.885. The highest BCUT2D eigenvalue weighted by molar-refractivity contribution is 6.03. The largest absolute Gasteiger partial charge is 0.497 e. The van der Waals surface area contributed by atoms with Gasteiger partial charge >= 0.3 is 5.97 Å². The molecule has 1 unspecified atom stereocenters. The van der Waals surface area contributed by atoms with E-state index in [1.54, 1.807) is 59.2 Å². The molecule has 2 aromatic rings. The second-order valence-electron chi connectivity index (χ2n) is 7.01. The summed E-state index contributed by atoms with van der Waals surface area (Å²) in [6, 6.07) is 6.57. The molecule has 0 radical (unpaired) electrons. The van der Waals surface area contributed by atoms with Crippen molar-refractivity contribution in [3.05, 3.63) is 46.8 Å². The molecule has 156 valence electrons. The number of quaternary nitrogens is 1. The number of likely N-dealkylation sites (N-methyl/N-ethyl adjacent to an activating group) is 1. The Labute approximate surface area is 170 Å². The van der Waals surface area contributed by atoms with Gasteiger partial charge in [0.1, 0.15) is 5.75 Å². The molecular weight excluding hydrogens is 374 g/mol. The number of rotatable bonds is 8. The Morgan fingerprint density at radius 3 is 2.52 bits per heavy atom. The van der Waals surface area contributed by atoms with Crippen molar-refractivity contribution in [3.63, 3.8) is 0 Å². The smallest absolute Gasteiger partial charge is 0.339 e. The molecule has 1 aromatic heterocycles. The monoisotopic (exact) mass is 402 g/mol.